The molecule has 5 rings (SSSR count). The summed E-state index contributed by atoms with van der Waals surface area (Å²) < 4.78 is 14.2. The van der Waals surface area contributed by atoms with E-state index in [9.17, 15) is 9.59 Å². The molecule has 1 aliphatic heterocycles. The minimum atomic E-state index is -0.796. The van der Waals surface area contributed by atoms with Crippen molar-refractivity contribution in [3.05, 3.63) is 129 Å². The number of nitriles is 1. The Kier molecular flexibility index (Phi) is 8.54. The monoisotopic (exact) mass is 647 g/mol. The maximum atomic E-state index is 14.0. The van der Waals surface area contributed by atoms with Crippen LogP contribution in [-0.4, -0.2) is 17.1 Å². The van der Waals surface area contributed by atoms with E-state index in [-0.39, 0.29) is 24.3 Å². The fourth-order valence-corrected chi connectivity index (χ4v) is 6.18. The number of rotatable bonds is 7. The Morgan fingerprint density at radius 3 is 2.66 bits per heavy atom. The van der Waals surface area contributed by atoms with Gasteiger partial charge in [-0.3, -0.25) is 9.36 Å². The first-order chi connectivity index (χ1) is 19.8. The van der Waals surface area contributed by atoms with Gasteiger partial charge in [0.1, 0.15) is 18.4 Å². The van der Waals surface area contributed by atoms with Crippen molar-refractivity contribution < 1.29 is 14.3 Å². The third-order valence-corrected chi connectivity index (χ3v) is 8.27. The minimum Gasteiger partial charge on any atom is -0.488 e. The molecule has 0 N–H and O–H groups in total. The Bertz CT molecular complexity index is 1910. The molecule has 0 saturated carbocycles. The molecule has 1 aliphatic rings. The molecule has 2 heterocycles. The summed E-state index contributed by atoms with van der Waals surface area (Å²) in [7, 11) is 0. The molecular formula is C31H23BrClN3O4S. The largest absolute Gasteiger partial charge is 0.488 e. The quantitative estimate of drug-likeness (QED) is 0.241. The summed E-state index contributed by atoms with van der Waals surface area (Å²) in [6, 6.07) is 21.2. The van der Waals surface area contributed by atoms with Crippen molar-refractivity contribution in [2.75, 3.05) is 6.61 Å². The van der Waals surface area contributed by atoms with E-state index < -0.39 is 12.0 Å². The number of halogens is 2. The van der Waals surface area contributed by atoms with Gasteiger partial charge in [-0.15, -0.1) is 0 Å². The predicted octanol–water partition coefficient (Wildman–Crippen LogP) is 5.66. The Morgan fingerprint density at radius 1 is 1.20 bits per heavy atom. The summed E-state index contributed by atoms with van der Waals surface area (Å²) in [6.45, 7) is 3.93. The normalized spacial score (nSPS) is 14.7. The average Bonchev–Trinajstić information content (AvgIpc) is 3.26. The molecule has 0 spiro atoms. The van der Waals surface area contributed by atoms with Crippen LogP contribution >= 0.6 is 38.9 Å². The lowest BCUT2D eigenvalue weighted by Crippen LogP contribution is -2.40. The van der Waals surface area contributed by atoms with Gasteiger partial charge in [0.15, 0.2) is 4.80 Å². The van der Waals surface area contributed by atoms with Gasteiger partial charge in [-0.2, -0.15) is 5.26 Å². The van der Waals surface area contributed by atoms with Crippen LogP contribution in [0.3, 0.4) is 0 Å². The molecule has 0 amide bonds. The minimum absolute atomic E-state index is 0.184. The average molecular weight is 649 g/mol. The molecule has 0 radical (unpaired) electrons. The number of hydrogen-bond acceptors (Lipinski definition) is 7. The number of nitrogens with zero attached hydrogens (tertiary/aromatic N) is 3. The first-order valence-electron chi connectivity index (χ1n) is 12.7. The van der Waals surface area contributed by atoms with Gasteiger partial charge >= 0.3 is 5.97 Å². The van der Waals surface area contributed by atoms with Gasteiger partial charge in [-0.05, 0) is 67.4 Å². The lowest BCUT2D eigenvalue weighted by molar-refractivity contribution is -0.139. The van der Waals surface area contributed by atoms with Gasteiger partial charge in [0.05, 0.1) is 34.0 Å². The third-order valence-electron chi connectivity index (χ3n) is 6.45. The van der Waals surface area contributed by atoms with Crippen molar-refractivity contribution in [2.24, 2.45) is 4.99 Å². The van der Waals surface area contributed by atoms with Crippen LogP contribution in [0.2, 0.25) is 5.02 Å². The van der Waals surface area contributed by atoms with Gasteiger partial charge in [-0.1, -0.05) is 69.2 Å². The van der Waals surface area contributed by atoms with Crippen LogP contribution in [0.5, 0.6) is 5.75 Å². The Hall–Kier alpha value is -3.97. The first kappa shape index (κ1) is 28.6. The van der Waals surface area contributed by atoms with Crippen molar-refractivity contribution in [2.45, 2.75) is 26.5 Å². The number of carbonyl (C=O) groups is 1. The predicted molar refractivity (Wildman–Crippen MR) is 161 cm³/mol. The van der Waals surface area contributed by atoms with Crippen molar-refractivity contribution in [1.29, 1.82) is 5.26 Å². The second-order valence-electron chi connectivity index (χ2n) is 9.10. The van der Waals surface area contributed by atoms with E-state index in [4.69, 9.17) is 26.3 Å². The number of thiazole rings is 1. The van der Waals surface area contributed by atoms with Gasteiger partial charge in [0.25, 0.3) is 5.56 Å². The van der Waals surface area contributed by atoms with Gasteiger partial charge in [0.2, 0.25) is 0 Å². The fourth-order valence-electron chi connectivity index (χ4n) is 4.52. The molecule has 4 aromatic rings. The highest BCUT2D eigenvalue weighted by Gasteiger charge is 2.34. The maximum Gasteiger partial charge on any atom is 0.338 e. The zero-order valence-electron chi connectivity index (χ0n) is 22.1. The van der Waals surface area contributed by atoms with Gasteiger partial charge in [-0.25, -0.2) is 9.79 Å². The van der Waals surface area contributed by atoms with Gasteiger partial charge in [0, 0.05) is 15.1 Å². The number of aromatic nitrogens is 1. The highest BCUT2D eigenvalue weighted by Crippen LogP contribution is 2.34. The number of fused-ring (bicyclic) bond motifs is 1. The smallest absolute Gasteiger partial charge is 0.338 e. The highest BCUT2D eigenvalue weighted by molar-refractivity contribution is 9.10. The van der Waals surface area contributed by atoms with Crippen LogP contribution in [0.15, 0.2) is 92.3 Å². The molecule has 0 unspecified atom stereocenters. The molecular weight excluding hydrogens is 626 g/mol. The second-order valence-corrected chi connectivity index (χ2v) is 11.4. The summed E-state index contributed by atoms with van der Waals surface area (Å²) in [5.41, 5.74) is 3.19. The number of esters is 1. The summed E-state index contributed by atoms with van der Waals surface area (Å²) in [4.78, 5) is 32.1. The van der Waals surface area contributed by atoms with Crippen LogP contribution in [0.1, 0.15) is 42.1 Å². The third kappa shape index (κ3) is 5.91. The highest BCUT2D eigenvalue weighted by atomic mass is 79.9. The molecule has 0 aliphatic carbocycles. The van der Waals surface area contributed by atoms with E-state index in [1.54, 1.807) is 50.3 Å². The van der Waals surface area contributed by atoms with E-state index in [1.807, 2.05) is 36.4 Å². The van der Waals surface area contributed by atoms with Crippen LogP contribution in [0.4, 0.5) is 0 Å². The molecule has 1 atom stereocenters. The molecule has 7 nitrogen and oxygen atoms in total. The summed E-state index contributed by atoms with van der Waals surface area (Å²) in [5, 5.41) is 9.47. The number of ether oxygens (including phenoxy) is 2. The molecule has 206 valence electrons. The number of carbonyl (C=O) groups excluding carboxylic acids is 1. The van der Waals surface area contributed by atoms with Crippen molar-refractivity contribution in [3.63, 3.8) is 0 Å². The SMILES string of the molecule is CCOC(=O)C1=C(C)N=c2s/c(=C\c3cc(Br)ccc3OCc3ccc(C#N)cc3)c(=O)n2[C@@H]1c1ccccc1Cl. The number of hydrogen-bond donors (Lipinski definition) is 0. The van der Waals surface area contributed by atoms with Crippen molar-refractivity contribution >= 4 is 50.9 Å². The zero-order valence-corrected chi connectivity index (χ0v) is 25.2. The van der Waals surface area contributed by atoms with Crippen LogP contribution in [-0.2, 0) is 16.1 Å². The van der Waals surface area contributed by atoms with E-state index in [0.717, 1.165) is 10.0 Å². The van der Waals surface area contributed by atoms with Crippen LogP contribution < -0.4 is 19.6 Å². The lowest BCUT2D eigenvalue weighted by Gasteiger charge is -2.25. The summed E-state index contributed by atoms with van der Waals surface area (Å²) >= 11 is 11.3. The maximum absolute atomic E-state index is 14.0. The molecule has 0 fully saturated rings. The van der Waals surface area contributed by atoms with Gasteiger partial charge < -0.3 is 9.47 Å². The molecule has 0 bridgehead atoms. The molecule has 0 saturated heterocycles. The van der Waals surface area contributed by atoms with Crippen LogP contribution in [0.25, 0.3) is 6.08 Å². The van der Waals surface area contributed by atoms with E-state index >= 15 is 0 Å². The van der Waals surface area contributed by atoms with Crippen molar-refractivity contribution in [1.82, 2.24) is 4.57 Å². The topological polar surface area (TPSA) is 93.7 Å². The first-order valence-corrected chi connectivity index (χ1v) is 14.6. The number of allylic oxidation sites excluding steroid dienone is 1. The molecule has 41 heavy (non-hydrogen) atoms. The Balaban J connectivity index is 1.61. The Morgan fingerprint density at radius 2 is 1.95 bits per heavy atom. The lowest BCUT2D eigenvalue weighted by atomic mass is 9.96. The van der Waals surface area contributed by atoms with E-state index in [2.05, 4.69) is 27.0 Å². The summed E-state index contributed by atoms with van der Waals surface area (Å²) in [5.74, 6) is 0.0351. The van der Waals surface area contributed by atoms with E-state index in [1.165, 1.54) is 15.9 Å². The fraction of sp³-hybridized carbons (Fsp3) is 0.161. The van der Waals surface area contributed by atoms with Crippen LogP contribution in [0, 0.1) is 11.3 Å². The van der Waals surface area contributed by atoms with E-state index in [0.29, 0.717) is 42.5 Å². The Labute approximate surface area is 253 Å². The molecule has 1 aromatic heterocycles. The standard InChI is InChI=1S/C31H23BrClN3O4S/c1-3-39-30(38)27-18(2)35-31-36(28(27)23-6-4-5-7-24(23)33)29(37)26(41-31)15-21-14-22(32)12-13-25(21)40-17-20-10-8-19(16-34)9-11-20/h4-15,28H,3,17H2,1-2H3/b26-15-/t28-/m1/s1. The zero-order chi connectivity index (χ0) is 29.1. The molecule has 3 aromatic carbocycles. The van der Waals surface area contributed by atoms with Crippen molar-refractivity contribution in [3.8, 4) is 11.8 Å². The second kappa shape index (κ2) is 12.3. The summed E-state index contributed by atoms with van der Waals surface area (Å²) in [6.07, 6.45) is 1.76. The molecule has 10 heteroatoms. The number of benzene rings is 3.